The number of hydrogen-bond donors (Lipinski definition) is 0. The molecule has 0 amide bonds. The predicted octanol–water partition coefficient (Wildman–Crippen LogP) is 4.35. The fourth-order valence-corrected chi connectivity index (χ4v) is 3.42. The van der Waals surface area contributed by atoms with Crippen LogP contribution in [0.15, 0.2) is 12.1 Å². The number of ether oxygens (including phenoxy) is 2. The quantitative estimate of drug-likeness (QED) is 0.772. The van der Waals surface area contributed by atoms with Crippen molar-refractivity contribution in [3.05, 3.63) is 22.7 Å². The Kier molecular flexibility index (Phi) is 3.22. The molecule has 17 heavy (non-hydrogen) atoms. The van der Waals surface area contributed by atoms with Crippen molar-refractivity contribution in [3.8, 4) is 11.5 Å². The van der Waals surface area contributed by atoms with Gasteiger partial charge >= 0.3 is 0 Å². The van der Waals surface area contributed by atoms with E-state index in [0.29, 0.717) is 18.0 Å². The third-order valence-electron chi connectivity index (χ3n) is 3.24. The molecule has 0 bridgehead atoms. The first-order chi connectivity index (χ1) is 8.24. The van der Waals surface area contributed by atoms with Gasteiger partial charge in [-0.25, -0.2) is 0 Å². The van der Waals surface area contributed by atoms with E-state index in [-0.39, 0.29) is 0 Å². The van der Waals surface area contributed by atoms with Gasteiger partial charge in [-0.15, -0.1) is 0 Å². The number of fused-ring (bicyclic) bond motifs is 1. The van der Waals surface area contributed by atoms with Crippen LogP contribution in [0.3, 0.4) is 0 Å². The Morgan fingerprint density at radius 3 is 2.53 bits per heavy atom. The van der Waals surface area contributed by atoms with Gasteiger partial charge in [0.15, 0.2) is 11.5 Å². The van der Waals surface area contributed by atoms with E-state index in [4.69, 9.17) is 21.1 Å². The van der Waals surface area contributed by atoms with Crippen LogP contribution in [0.1, 0.15) is 29.7 Å². The molecule has 1 aromatic rings. The van der Waals surface area contributed by atoms with Crippen LogP contribution in [0.25, 0.3) is 0 Å². The highest BCUT2D eigenvalue weighted by Gasteiger charge is 2.27. The number of halogens is 2. The minimum Gasteiger partial charge on any atom is -0.486 e. The highest BCUT2D eigenvalue weighted by molar-refractivity contribution is 9.09. The lowest BCUT2D eigenvalue weighted by molar-refractivity contribution is 0.171. The Morgan fingerprint density at radius 2 is 1.88 bits per heavy atom. The van der Waals surface area contributed by atoms with Crippen LogP contribution in [0.2, 0.25) is 5.02 Å². The second-order valence-corrected chi connectivity index (χ2v) is 6.18. The fourth-order valence-electron chi connectivity index (χ4n) is 2.09. The van der Waals surface area contributed by atoms with Crippen molar-refractivity contribution < 1.29 is 9.47 Å². The zero-order valence-corrected chi connectivity index (χ0v) is 11.8. The molecule has 92 valence electrons. The number of benzene rings is 1. The van der Waals surface area contributed by atoms with Crippen LogP contribution in [-0.4, -0.2) is 13.2 Å². The van der Waals surface area contributed by atoms with E-state index in [0.717, 1.165) is 34.4 Å². The molecule has 1 aliphatic heterocycles. The van der Waals surface area contributed by atoms with Crippen LogP contribution >= 0.6 is 27.5 Å². The summed E-state index contributed by atoms with van der Waals surface area (Å²) in [6.07, 6.45) is 3.86. The standard InChI is InChI=1S/C13H14BrClO2/c14-10(5-8-1-2-8)9-6-12-13(7-11(9)15)17-4-3-16-12/h6-8,10H,1-5H2. The molecule has 1 atom stereocenters. The maximum absolute atomic E-state index is 6.29. The lowest BCUT2D eigenvalue weighted by Gasteiger charge is -2.21. The monoisotopic (exact) mass is 316 g/mol. The van der Waals surface area contributed by atoms with Gasteiger partial charge in [0.25, 0.3) is 0 Å². The van der Waals surface area contributed by atoms with Crippen molar-refractivity contribution in [1.29, 1.82) is 0 Å². The molecular formula is C13H14BrClO2. The van der Waals surface area contributed by atoms with Crippen molar-refractivity contribution in [2.24, 2.45) is 5.92 Å². The summed E-state index contributed by atoms with van der Waals surface area (Å²) in [6.45, 7) is 1.21. The molecule has 0 N–H and O–H groups in total. The van der Waals surface area contributed by atoms with Crippen LogP contribution in [0.4, 0.5) is 0 Å². The first kappa shape index (κ1) is 11.7. The number of hydrogen-bond acceptors (Lipinski definition) is 2. The highest BCUT2D eigenvalue weighted by Crippen LogP contribution is 2.45. The smallest absolute Gasteiger partial charge is 0.162 e. The average molecular weight is 318 g/mol. The van der Waals surface area contributed by atoms with Gasteiger partial charge in [0.1, 0.15) is 13.2 Å². The van der Waals surface area contributed by atoms with Crippen molar-refractivity contribution in [3.63, 3.8) is 0 Å². The van der Waals surface area contributed by atoms with Crippen LogP contribution in [0.5, 0.6) is 11.5 Å². The molecular weight excluding hydrogens is 303 g/mol. The maximum atomic E-state index is 6.29. The lowest BCUT2D eigenvalue weighted by Crippen LogP contribution is -2.15. The van der Waals surface area contributed by atoms with E-state index in [1.807, 2.05) is 12.1 Å². The van der Waals surface area contributed by atoms with Crippen LogP contribution in [0, 0.1) is 5.92 Å². The molecule has 2 aliphatic rings. The lowest BCUT2D eigenvalue weighted by atomic mass is 10.1. The largest absolute Gasteiger partial charge is 0.486 e. The Balaban J connectivity index is 1.87. The molecule has 1 saturated carbocycles. The Bertz CT molecular complexity index is 432. The molecule has 1 heterocycles. The third kappa shape index (κ3) is 2.55. The molecule has 1 aliphatic carbocycles. The Morgan fingerprint density at radius 1 is 1.24 bits per heavy atom. The SMILES string of the molecule is Clc1cc2c(cc1C(Br)CC1CC1)OCCO2. The van der Waals surface area contributed by atoms with Crippen molar-refractivity contribution >= 4 is 27.5 Å². The first-order valence-corrected chi connectivity index (χ1v) is 7.26. The van der Waals surface area contributed by atoms with Crippen LogP contribution in [-0.2, 0) is 0 Å². The maximum Gasteiger partial charge on any atom is 0.162 e. The van der Waals surface area contributed by atoms with Gasteiger partial charge in [-0.05, 0) is 24.0 Å². The molecule has 1 fully saturated rings. The molecule has 0 spiro atoms. The normalized spacial score (nSPS) is 20.1. The van der Waals surface area contributed by atoms with Gasteiger partial charge in [-0.1, -0.05) is 40.4 Å². The van der Waals surface area contributed by atoms with Gasteiger partial charge in [0.05, 0.1) is 0 Å². The van der Waals surface area contributed by atoms with E-state index in [1.54, 1.807) is 0 Å². The minimum absolute atomic E-state index is 0.318. The third-order valence-corrected chi connectivity index (χ3v) is 4.43. The summed E-state index contributed by atoms with van der Waals surface area (Å²) in [5, 5.41) is 0.761. The van der Waals surface area contributed by atoms with Gasteiger partial charge < -0.3 is 9.47 Å². The molecule has 0 aromatic heterocycles. The van der Waals surface area contributed by atoms with E-state index in [2.05, 4.69) is 15.9 Å². The second-order valence-electron chi connectivity index (χ2n) is 4.66. The summed E-state index contributed by atoms with van der Waals surface area (Å²) in [6, 6.07) is 3.88. The number of alkyl halides is 1. The summed E-state index contributed by atoms with van der Waals surface area (Å²) < 4.78 is 11.1. The highest BCUT2D eigenvalue weighted by atomic mass is 79.9. The fraction of sp³-hybridized carbons (Fsp3) is 0.538. The van der Waals surface area contributed by atoms with E-state index >= 15 is 0 Å². The predicted molar refractivity (Wildman–Crippen MR) is 71.5 cm³/mol. The van der Waals surface area contributed by atoms with E-state index in [1.165, 1.54) is 12.8 Å². The molecule has 1 unspecified atom stereocenters. The average Bonchev–Trinajstić information content (AvgIpc) is 3.12. The van der Waals surface area contributed by atoms with E-state index < -0.39 is 0 Å². The second kappa shape index (κ2) is 4.69. The molecule has 3 rings (SSSR count). The molecule has 2 nitrogen and oxygen atoms in total. The van der Waals surface area contributed by atoms with Crippen molar-refractivity contribution in [1.82, 2.24) is 0 Å². The molecule has 4 heteroatoms. The summed E-state index contributed by atoms with van der Waals surface area (Å²) in [7, 11) is 0. The first-order valence-electron chi connectivity index (χ1n) is 5.97. The molecule has 1 aromatic carbocycles. The van der Waals surface area contributed by atoms with Gasteiger partial charge in [0, 0.05) is 15.9 Å². The topological polar surface area (TPSA) is 18.5 Å². The van der Waals surface area contributed by atoms with Gasteiger partial charge in [-0.2, -0.15) is 0 Å². The summed E-state index contributed by atoms with van der Waals surface area (Å²) in [4.78, 5) is 0.318. The van der Waals surface area contributed by atoms with Crippen molar-refractivity contribution in [2.75, 3.05) is 13.2 Å². The van der Waals surface area contributed by atoms with Gasteiger partial charge in [0.2, 0.25) is 0 Å². The molecule has 0 radical (unpaired) electrons. The summed E-state index contributed by atoms with van der Waals surface area (Å²) in [5.41, 5.74) is 1.11. The van der Waals surface area contributed by atoms with Crippen LogP contribution < -0.4 is 9.47 Å². The Hall–Kier alpha value is -0.410. The van der Waals surface area contributed by atoms with E-state index in [9.17, 15) is 0 Å². The summed E-state index contributed by atoms with van der Waals surface area (Å²) >= 11 is 10.0. The number of rotatable bonds is 3. The van der Waals surface area contributed by atoms with Gasteiger partial charge in [-0.3, -0.25) is 0 Å². The minimum atomic E-state index is 0.318. The molecule has 0 saturated heterocycles. The Labute approximate surface area is 114 Å². The zero-order valence-electron chi connectivity index (χ0n) is 9.42. The zero-order chi connectivity index (χ0) is 11.8. The van der Waals surface area contributed by atoms with Crippen molar-refractivity contribution in [2.45, 2.75) is 24.1 Å². The summed E-state index contributed by atoms with van der Waals surface area (Å²) in [5.74, 6) is 2.44.